The monoisotopic (exact) mass is 250 g/mol. The third-order valence-electron chi connectivity index (χ3n) is 2.45. The van der Waals surface area contributed by atoms with E-state index in [1.165, 1.54) is 0 Å². The van der Waals surface area contributed by atoms with Crippen molar-refractivity contribution in [2.24, 2.45) is 0 Å². The van der Waals surface area contributed by atoms with E-state index in [1.807, 2.05) is 26.2 Å². The van der Waals surface area contributed by atoms with E-state index in [9.17, 15) is 4.79 Å². The minimum absolute atomic E-state index is 0.112. The van der Waals surface area contributed by atoms with E-state index in [4.69, 9.17) is 0 Å². The Bertz CT molecular complexity index is 524. The van der Waals surface area contributed by atoms with Crippen LogP contribution in [0.5, 0.6) is 0 Å². The van der Waals surface area contributed by atoms with Gasteiger partial charge in [0.15, 0.2) is 0 Å². The number of nitrogens with one attached hydrogen (secondary N) is 2. The van der Waals surface area contributed by atoms with Crippen molar-refractivity contribution in [3.8, 4) is 0 Å². The topological polar surface area (TPSA) is 70.7 Å². The molecule has 0 saturated carbocycles. The molecular formula is C11H14N4OS. The van der Waals surface area contributed by atoms with Gasteiger partial charge in [0.2, 0.25) is 0 Å². The van der Waals surface area contributed by atoms with Crippen LogP contribution in [0.15, 0.2) is 5.38 Å². The Morgan fingerprint density at radius 1 is 1.47 bits per heavy atom. The van der Waals surface area contributed by atoms with Crippen molar-refractivity contribution < 1.29 is 4.79 Å². The highest BCUT2D eigenvalue weighted by molar-refractivity contribution is 7.09. The highest BCUT2D eigenvalue weighted by Gasteiger charge is 2.14. The van der Waals surface area contributed by atoms with Gasteiger partial charge in [-0.2, -0.15) is 5.10 Å². The van der Waals surface area contributed by atoms with Crippen LogP contribution < -0.4 is 5.32 Å². The number of H-pyrrole nitrogens is 1. The molecule has 1 amide bonds. The molecule has 0 unspecified atom stereocenters. The van der Waals surface area contributed by atoms with Gasteiger partial charge in [0.05, 0.1) is 28.5 Å². The molecule has 0 aromatic carbocycles. The summed E-state index contributed by atoms with van der Waals surface area (Å²) in [7, 11) is 0. The highest BCUT2D eigenvalue weighted by atomic mass is 32.1. The van der Waals surface area contributed by atoms with Gasteiger partial charge >= 0.3 is 0 Å². The van der Waals surface area contributed by atoms with E-state index in [0.717, 1.165) is 22.1 Å². The Hall–Kier alpha value is -1.69. The number of hydrogen-bond acceptors (Lipinski definition) is 4. The lowest BCUT2D eigenvalue weighted by molar-refractivity contribution is 0.0949. The van der Waals surface area contributed by atoms with Crippen molar-refractivity contribution in [1.82, 2.24) is 20.5 Å². The first-order valence-electron chi connectivity index (χ1n) is 5.28. The zero-order chi connectivity index (χ0) is 12.4. The first-order valence-corrected chi connectivity index (χ1v) is 6.16. The Balaban J connectivity index is 2.03. The molecule has 90 valence electrons. The summed E-state index contributed by atoms with van der Waals surface area (Å²) in [5.74, 6) is -0.112. The van der Waals surface area contributed by atoms with E-state index in [2.05, 4.69) is 20.5 Å². The maximum absolute atomic E-state index is 11.9. The summed E-state index contributed by atoms with van der Waals surface area (Å²) < 4.78 is 0. The Morgan fingerprint density at radius 2 is 2.24 bits per heavy atom. The number of aromatic amines is 1. The van der Waals surface area contributed by atoms with Crippen LogP contribution in [0.4, 0.5) is 0 Å². The maximum Gasteiger partial charge on any atom is 0.255 e. The fraction of sp³-hybridized carbons (Fsp3) is 0.364. The second-order valence-electron chi connectivity index (χ2n) is 3.85. The van der Waals surface area contributed by atoms with Crippen LogP contribution in [-0.2, 0) is 6.54 Å². The SMILES string of the molecule is Cc1nc(CNC(=O)c2c(C)n[nH]c2C)cs1. The van der Waals surface area contributed by atoms with Crippen molar-refractivity contribution in [1.29, 1.82) is 0 Å². The number of amides is 1. The Morgan fingerprint density at radius 3 is 2.76 bits per heavy atom. The summed E-state index contributed by atoms with van der Waals surface area (Å²) in [6.07, 6.45) is 0. The highest BCUT2D eigenvalue weighted by Crippen LogP contribution is 2.10. The Kier molecular flexibility index (Phi) is 3.23. The van der Waals surface area contributed by atoms with Crippen LogP contribution in [0.3, 0.4) is 0 Å². The minimum atomic E-state index is -0.112. The molecule has 2 rings (SSSR count). The molecule has 0 aliphatic rings. The summed E-state index contributed by atoms with van der Waals surface area (Å²) in [6, 6.07) is 0. The fourth-order valence-corrected chi connectivity index (χ4v) is 2.25. The fourth-order valence-electron chi connectivity index (χ4n) is 1.63. The molecule has 2 heterocycles. The molecular weight excluding hydrogens is 236 g/mol. The second-order valence-corrected chi connectivity index (χ2v) is 4.91. The number of rotatable bonds is 3. The molecule has 0 bridgehead atoms. The summed E-state index contributed by atoms with van der Waals surface area (Å²) in [5.41, 5.74) is 3.01. The van der Waals surface area contributed by atoms with Crippen molar-refractivity contribution in [3.05, 3.63) is 33.0 Å². The van der Waals surface area contributed by atoms with E-state index in [1.54, 1.807) is 11.3 Å². The number of carbonyl (C=O) groups excluding carboxylic acids is 1. The number of nitrogens with zero attached hydrogens (tertiary/aromatic N) is 2. The number of aromatic nitrogens is 3. The van der Waals surface area contributed by atoms with Crippen LogP contribution >= 0.6 is 11.3 Å². The van der Waals surface area contributed by atoms with E-state index in [0.29, 0.717) is 12.1 Å². The second kappa shape index (κ2) is 4.67. The smallest absolute Gasteiger partial charge is 0.255 e. The van der Waals surface area contributed by atoms with Gasteiger partial charge in [-0.15, -0.1) is 11.3 Å². The molecule has 0 radical (unpaired) electrons. The van der Waals surface area contributed by atoms with Gasteiger partial charge in [-0.1, -0.05) is 0 Å². The van der Waals surface area contributed by atoms with E-state index >= 15 is 0 Å². The van der Waals surface area contributed by atoms with Gasteiger partial charge in [0, 0.05) is 11.1 Å². The third kappa shape index (κ3) is 2.52. The van der Waals surface area contributed by atoms with Gasteiger partial charge in [-0.25, -0.2) is 4.98 Å². The number of aryl methyl sites for hydroxylation is 3. The van der Waals surface area contributed by atoms with E-state index < -0.39 is 0 Å². The first kappa shape index (κ1) is 11.8. The van der Waals surface area contributed by atoms with Gasteiger partial charge < -0.3 is 5.32 Å². The van der Waals surface area contributed by atoms with Gasteiger partial charge in [0.1, 0.15) is 0 Å². The predicted molar refractivity (Wildman–Crippen MR) is 66.1 cm³/mol. The number of thiazole rings is 1. The molecule has 5 nitrogen and oxygen atoms in total. The van der Waals surface area contributed by atoms with Crippen LogP contribution in [0.1, 0.15) is 32.4 Å². The van der Waals surface area contributed by atoms with Gasteiger partial charge in [0.25, 0.3) is 5.91 Å². The average molecular weight is 250 g/mol. The predicted octanol–water partition coefficient (Wildman–Crippen LogP) is 1.72. The maximum atomic E-state index is 11.9. The lowest BCUT2D eigenvalue weighted by Gasteiger charge is -2.03. The molecule has 0 aliphatic heterocycles. The van der Waals surface area contributed by atoms with Crippen LogP contribution in [-0.4, -0.2) is 21.1 Å². The number of hydrogen-bond donors (Lipinski definition) is 2. The largest absolute Gasteiger partial charge is 0.346 e. The molecule has 0 spiro atoms. The molecule has 0 atom stereocenters. The third-order valence-corrected chi connectivity index (χ3v) is 3.27. The first-order chi connectivity index (χ1) is 8.08. The molecule has 2 N–H and O–H groups in total. The average Bonchev–Trinajstić information content (AvgIpc) is 2.83. The van der Waals surface area contributed by atoms with Crippen LogP contribution in [0.25, 0.3) is 0 Å². The molecule has 17 heavy (non-hydrogen) atoms. The lowest BCUT2D eigenvalue weighted by Crippen LogP contribution is -2.24. The molecule has 0 saturated heterocycles. The summed E-state index contributed by atoms with van der Waals surface area (Å²) in [5, 5.41) is 12.6. The standard InChI is InChI=1S/C11H14N4OS/c1-6-10(7(2)15-14-6)11(16)12-4-9-5-17-8(3)13-9/h5H,4H2,1-3H3,(H,12,16)(H,14,15). The van der Waals surface area contributed by atoms with Crippen LogP contribution in [0.2, 0.25) is 0 Å². The molecule has 6 heteroatoms. The molecule has 0 fully saturated rings. The summed E-state index contributed by atoms with van der Waals surface area (Å²) in [4.78, 5) is 16.2. The zero-order valence-electron chi connectivity index (χ0n) is 10.00. The van der Waals surface area contributed by atoms with Gasteiger partial charge in [-0.05, 0) is 20.8 Å². The zero-order valence-corrected chi connectivity index (χ0v) is 10.8. The van der Waals surface area contributed by atoms with Crippen molar-refractivity contribution >= 4 is 17.2 Å². The molecule has 0 aliphatic carbocycles. The minimum Gasteiger partial charge on any atom is -0.346 e. The molecule has 2 aromatic rings. The Labute approximate surface area is 103 Å². The van der Waals surface area contributed by atoms with Crippen molar-refractivity contribution in [2.75, 3.05) is 0 Å². The summed E-state index contributed by atoms with van der Waals surface area (Å²) >= 11 is 1.58. The van der Waals surface area contributed by atoms with Crippen LogP contribution in [0, 0.1) is 20.8 Å². The summed E-state index contributed by atoms with van der Waals surface area (Å²) in [6.45, 7) is 6.04. The van der Waals surface area contributed by atoms with Gasteiger partial charge in [-0.3, -0.25) is 9.89 Å². The lowest BCUT2D eigenvalue weighted by atomic mass is 10.2. The quantitative estimate of drug-likeness (QED) is 0.871. The van der Waals surface area contributed by atoms with Crippen molar-refractivity contribution in [2.45, 2.75) is 27.3 Å². The normalized spacial score (nSPS) is 10.5. The molecule has 2 aromatic heterocycles. The van der Waals surface area contributed by atoms with Crippen molar-refractivity contribution in [3.63, 3.8) is 0 Å². The number of carbonyl (C=O) groups is 1. The van der Waals surface area contributed by atoms with E-state index in [-0.39, 0.29) is 5.91 Å².